The van der Waals surface area contributed by atoms with Crippen LogP contribution in [0.25, 0.3) is 11.1 Å². The van der Waals surface area contributed by atoms with Gasteiger partial charge < -0.3 is 30.0 Å². The Labute approximate surface area is 319 Å². The molecule has 2 aliphatic rings. The molecule has 2 amide bonds. The summed E-state index contributed by atoms with van der Waals surface area (Å²) in [6.45, 7) is 8.13. The van der Waals surface area contributed by atoms with E-state index in [0.29, 0.717) is 12.5 Å². The Hall–Kier alpha value is -4.80. The maximum Gasteiger partial charge on any atom is 0.328 e. The molecule has 1 saturated heterocycles. The first kappa shape index (κ1) is 38.9. The maximum absolute atomic E-state index is 13.0. The molecule has 6 rings (SSSR count). The molecule has 54 heavy (non-hydrogen) atoms. The Morgan fingerprint density at radius 3 is 2.28 bits per heavy atom. The van der Waals surface area contributed by atoms with Gasteiger partial charge >= 0.3 is 12.0 Å². The normalized spacial score (nSPS) is 20.7. The number of carbonyl (C=O) groups is 2. The van der Waals surface area contributed by atoms with Gasteiger partial charge in [-0.3, -0.25) is 4.90 Å². The predicted molar refractivity (Wildman–Crippen MR) is 210 cm³/mol. The molecule has 0 unspecified atom stereocenters. The first-order valence-corrected chi connectivity index (χ1v) is 19.1. The Bertz CT molecular complexity index is 1810. The number of benzene rings is 4. The minimum absolute atomic E-state index is 0.00300. The zero-order chi connectivity index (χ0) is 37.9. The summed E-state index contributed by atoms with van der Waals surface area (Å²) in [6, 6.07) is 33.0. The lowest BCUT2D eigenvalue weighted by molar-refractivity contribution is -0.276. The molecule has 9 heteroatoms. The summed E-state index contributed by atoms with van der Waals surface area (Å²) < 4.78 is 18.5. The van der Waals surface area contributed by atoms with Gasteiger partial charge in [0.25, 0.3) is 0 Å². The van der Waals surface area contributed by atoms with Crippen LogP contribution in [0, 0.1) is 5.92 Å². The first-order valence-electron chi connectivity index (χ1n) is 19.1. The van der Waals surface area contributed by atoms with E-state index in [2.05, 4.69) is 65.4 Å². The highest BCUT2D eigenvalue weighted by Gasteiger charge is 2.40. The van der Waals surface area contributed by atoms with Crippen molar-refractivity contribution in [2.24, 2.45) is 5.92 Å². The van der Waals surface area contributed by atoms with Gasteiger partial charge in [0, 0.05) is 43.6 Å². The van der Waals surface area contributed by atoms with E-state index in [4.69, 9.17) is 14.2 Å². The van der Waals surface area contributed by atoms with Crippen molar-refractivity contribution >= 4 is 12.0 Å². The molecule has 1 heterocycles. The molecule has 1 aliphatic heterocycles. The summed E-state index contributed by atoms with van der Waals surface area (Å²) >= 11 is 0. The molecule has 284 valence electrons. The van der Waals surface area contributed by atoms with Crippen molar-refractivity contribution in [2.75, 3.05) is 20.2 Å². The molecule has 1 aliphatic carbocycles. The highest BCUT2D eigenvalue weighted by atomic mass is 16.7. The van der Waals surface area contributed by atoms with Gasteiger partial charge in [-0.15, -0.1) is 6.58 Å². The van der Waals surface area contributed by atoms with E-state index < -0.39 is 24.3 Å². The molecule has 4 aromatic carbocycles. The predicted octanol–water partition coefficient (Wildman–Crippen LogP) is 7.65. The Kier molecular flexibility index (Phi) is 13.7. The summed E-state index contributed by atoms with van der Waals surface area (Å²) in [4.78, 5) is 28.0. The Morgan fingerprint density at radius 2 is 1.59 bits per heavy atom. The third kappa shape index (κ3) is 9.84. The van der Waals surface area contributed by atoms with Crippen molar-refractivity contribution in [3.05, 3.63) is 144 Å². The van der Waals surface area contributed by atoms with Crippen LogP contribution in [-0.2, 0) is 38.6 Å². The van der Waals surface area contributed by atoms with Gasteiger partial charge in [0.1, 0.15) is 6.04 Å². The summed E-state index contributed by atoms with van der Waals surface area (Å²) in [6.07, 6.45) is 6.39. The number of aliphatic hydroxyl groups excluding tert-OH is 1. The smallest absolute Gasteiger partial charge is 0.328 e. The SMILES string of the molecule is C=CCN(C[C@H]1O[C@@H](c2ccc(-c3ccccc3CNC(=O)N[C@@H](Cc3ccccc3)C(=O)OC)cc2)O[C@@H](c2ccc(CO)cc2)[C@H]1C)C1CCCC1. The van der Waals surface area contributed by atoms with Gasteiger partial charge in [0.05, 0.1) is 25.9 Å². The van der Waals surface area contributed by atoms with Gasteiger partial charge in [0.15, 0.2) is 6.29 Å². The molecular weight excluding hydrogens is 679 g/mol. The van der Waals surface area contributed by atoms with Crippen LogP contribution in [-0.4, -0.2) is 60.4 Å². The molecular formula is C45H53N3O6. The number of urea groups is 1. The van der Waals surface area contributed by atoms with Crippen molar-refractivity contribution in [1.29, 1.82) is 0 Å². The largest absolute Gasteiger partial charge is 0.467 e. The van der Waals surface area contributed by atoms with E-state index in [9.17, 15) is 14.7 Å². The fourth-order valence-corrected chi connectivity index (χ4v) is 7.71. The summed E-state index contributed by atoms with van der Waals surface area (Å²) in [5.41, 5.74) is 6.67. The van der Waals surface area contributed by atoms with Crippen LogP contribution in [0.15, 0.2) is 116 Å². The van der Waals surface area contributed by atoms with Gasteiger partial charge in [-0.25, -0.2) is 9.59 Å². The van der Waals surface area contributed by atoms with Crippen molar-refractivity contribution in [3.8, 4) is 11.1 Å². The van der Waals surface area contributed by atoms with Crippen LogP contribution >= 0.6 is 0 Å². The van der Waals surface area contributed by atoms with E-state index >= 15 is 0 Å². The van der Waals surface area contributed by atoms with Crippen molar-refractivity contribution in [1.82, 2.24) is 15.5 Å². The Morgan fingerprint density at radius 1 is 0.907 bits per heavy atom. The van der Waals surface area contributed by atoms with Gasteiger partial charge in [-0.05, 0) is 46.2 Å². The van der Waals surface area contributed by atoms with Crippen LogP contribution < -0.4 is 10.6 Å². The van der Waals surface area contributed by atoms with Crippen LogP contribution in [0.4, 0.5) is 4.79 Å². The molecule has 3 N–H and O–H groups in total. The number of hydrogen-bond acceptors (Lipinski definition) is 7. The van der Waals surface area contributed by atoms with E-state index in [1.807, 2.05) is 72.8 Å². The lowest BCUT2D eigenvalue weighted by atomic mass is 9.89. The third-order valence-electron chi connectivity index (χ3n) is 10.8. The zero-order valence-corrected chi connectivity index (χ0v) is 31.4. The Balaban J connectivity index is 1.17. The minimum atomic E-state index is -0.820. The number of nitrogens with zero attached hydrogens (tertiary/aromatic N) is 1. The quantitative estimate of drug-likeness (QED) is 0.0852. The second-order valence-corrected chi connectivity index (χ2v) is 14.4. The second-order valence-electron chi connectivity index (χ2n) is 14.4. The molecule has 1 saturated carbocycles. The van der Waals surface area contributed by atoms with Crippen molar-refractivity contribution in [3.63, 3.8) is 0 Å². The zero-order valence-electron chi connectivity index (χ0n) is 31.4. The highest BCUT2D eigenvalue weighted by molar-refractivity contribution is 5.84. The van der Waals surface area contributed by atoms with Crippen LogP contribution in [0.1, 0.15) is 72.8 Å². The van der Waals surface area contributed by atoms with Gasteiger partial charge in [0.2, 0.25) is 0 Å². The minimum Gasteiger partial charge on any atom is -0.467 e. The molecule has 0 spiro atoms. The lowest BCUT2D eigenvalue weighted by Gasteiger charge is -2.43. The van der Waals surface area contributed by atoms with E-state index in [0.717, 1.165) is 52.0 Å². The van der Waals surface area contributed by atoms with Gasteiger partial charge in [-0.2, -0.15) is 0 Å². The average Bonchev–Trinajstić information content (AvgIpc) is 3.76. The molecule has 4 aromatic rings. The maximum atomic E-state index is 13.0. The molecule has 9 nitrogen and oxygen atoms in total. The van der Waals surface area contributed by atoms with Crippen LogP contribution in [0.5, 0.6) is 0 Å². The average molecular weight is 732 g/mol. The number of carbonyl (C=O) groups excluding carboxylic acids is 2. The van der Waals surface area contributed by atoms with Gasteiger partial charge in [-0.1, -0.05) is 129 Å². The fourth-order valence-electron chi connectivity index (χ4n) is 7.71. The van der Waals surface area contributed by atoms with Crippen molar-refractivity contribution < 1.29 is 28.9 Å². The summed E-state index contributed by atoms with van der Waals surface area (Å²) in [5.74, 6) is -0.415. The monoisotopic (exact) mass is 731 g/mol. The molecule has 0 aromatic heterocycles. The number of hydrogen-bond donors (Lipinski definition) is 3. The summed E-state index contributed by atoms with van der Waals surface area (Å²) in [5, 5.41) is 15.4. The van der Waals surface area contributed by atoms with Crippen LogP contribution in [0.3, 0.4) is 0 Å². The van der Waals surface area contributed by atoms with Crippen LogP contribution in [0.2, 0.25) is 0 Å². The topological polar surface area (TPSA) is 109 Å². The number of ether oxygens (including phenoxy) is 3. The fraction of sp³-hybridized carbons (Fsp3) is 0.378. The molecule has 0 radical (unpaired) electrons. The number of nitrogens with one attached hydrogen (secondary N) is 2. The van der Waals surface area contributed by atoms with E-state index in [1.165, 1.54) is 32.8 Å². The number of aliphatic hydroxyl groups is 1. The number of amides is 2. The summed E-state index contributed by atoms with van der Waals surface area (Å²) in [7, 11) is 1.32. The van der Waals surface area contributed by atoms with E-state index in [1.54, 1.807) is 0 Å². The molecule has 5 atom stereocenters. The lowest BCUT2D eigenvalue weighted by Crippen LogP contribution is -2.47. The van der Waals surface area contributed by atoms with Crippen molar-refractivity contribution in [2.45, 2.75) is 82.8 Å². The standard InChI is InChI=1S/C45H53N3O6/c1-4-26-48(38-15-9-10-16-38)29-41-31(2)42(35-20-18-33(30-49)19-21-35)54-44(53-41)36-24-22-34(23-25-36)39-17-11-8-14-37(39)28-46-45(51)47-40(43(50)52-3)27-32-12-6-5-7-13-32/h4-8,11-14,17-25,31,38,40-42,44,49H,1,9-10,15-16,26-30H2,2-3H3,(H2,46,47,51)/t31-,40-,41+,42+,44+/m0/s1. The first-order chi connectivity index (χ1) is 26.4. The molecule has 0 bridgehead atoms. The van der Waals surface area contributed by atoms with E-state index in [-0.39, 0.29) is 31.3 Å². The molecule has 2 fully saturated rings. The number of methoxy groups -OCH3 is 1. The third-order valence-corrected chi connectivity index (χ3v) is 10.8. The second kappa shape index (κ2) is 19.0. The number of rotatable bonds is 15. The number of esters is 1. The highest BCUT2D eigenvalue weighted by Crippen LogP contribution is 2.42.